The minimum atomic E-state index is -1.08. The maximum absolute atomic E-state index is 13.4. The molecule has 29 heavy (non-hydrogen) atoms. The molecule has 0 amide bonds. The van der Waals surface area contributed by atoms with Crippen molar-refractivity contribution in [3.8, 4) is 0 Å². The second kappa shape index (κ2) is 9.67. The SMILES string of the molecule is O=C(O)C[C@H](O)C[C@H](O)CCN1CCC(c2ccccc2)=C1c1ccc(F)cc1. The fourth-order valence-electron chi connectivity index (χ4n) is 3.80. The van der Waals surface area contributed by atoms with Crippen molar-refractivity contribution in [1.82, 2.24) is 4.90 Å². The fraction of sp³-hybridized carbons (Fsp3) is 0.348. The monoisotopic (exact) mass is 399 g/mol. The van der Waals surface area contributed by atoms with E-state index in [1.165, 1.54) is 17.7 Å². The second-order valence-electron chi connectivity index (χ2n) is 7.37. The van der Waals surface area contributed by atoms with Gasteiger partial charge in [0.05, 0.1) is 18.6 Å². The van der Waals surface area contributed by atoms with Crippen molar-refractivity contribution in [2.45, 2.75) is 37.9 Å². The molecule has 0 radical (unpaired) electrons. The predicted octanol–water partition coefficient (Wildman–Crippen LogP) is 3.38. The highest BCUT2D eigenvalue weighted by molar-refractivity contribution is 5.92. The van der Waals surface area contributed by atoms with E-state index in [0.29, 0.717) is 13.0 Å². The van der Waals surface area contributed by atoms with Gasteiger partial charge in [0, 0.05) is 18.8 Å². The summed E-state index contributed by atoms with van der Waals surface area (Å²) >= 11 is 0. The van der Waals surface area contributed by atoms with Gasteiger partial charge in [-0.3, -0.25) is 4.79 Å². The van der Waals surface area contributed by atoms with Gasteiger partial charge in [0.15, 0.2) is 0 Å². The maximum Gasteiger partial charge on any atom is 0.305 e. The number of carbonyl (C=O) groups is 1. The molecule has 0 saturated carbocycles. The molecule has 0 fully saturated rings. The first-order chi connectivity index (χ1) is 13.9. The lowest BCUT2D eigenvalue weighted by molar-refractivity contribution is -0.139. The smallest absolute Gasteiger partial charge is 0.305 e. The van der Waals surface area contributed by atoms with Crippen LogP contribution in [0.15, 0.2) is 54.6 Å². The Balaban J connectivity index is 1.76. The zero-order chi connectivity index (χ0) is 20.8. The van der Waals surface area contributed by atoms with Crippen molar-refractivity contribution in [2.75, 3.05) is 13.1 Å². The molecule has 0 bridgehead atoms. The number of rotatable bonds is 9. The number of aliphatic carboxylic acids is 1. The number of halogens is 1. The first-order valence-corrected chi connectivity index (χ1v) is 9.81. The van der Waals surface area contributed by atoms with Gasteiger partial charge >= 0.3 is 5.97 Å². The van der Waals surface area contributed by atoms with Gasteiger partial charge < -0.3 is 20.2 Å². The fourth-order valence-corrected chi connectivity index (χ4v) is 3.80. The number of hydrogen-bond donors (Lipinski definition) is 3. The van der Waals surface area contributed by atoms with Crippen LogP contribution in [0.2, 0.25) is 0 Å². The van der Waals surface area contributed by atoms with Crippen molar-refractivity contribution < 1.29 is 24.5 Å². The molecule has 3 rings (SSSR count). The van der Waals surface area contributed by atoms with Crippen molar-refractivity contribution in [3.63, 3.8) is 0 Å². The third-order valence-corrected chi connectivity index (χ3v) is 5.16. The molecule has 6 heteroatoms. The standard InChI is InChI=1S/C23H26FNO4/c24-18-8-6-17(7-9-18)23-21(16-4-2-1-3-5-16)11-13-25(23)12-10-19(26)14-20(27)15-22(28)29/h1-9,19-20,26-27H,10-15H2,(H,28,29)/t19-,20-/m1/s1. The number of carboxylic acids is 1. The molecule has 3 N–H and O–H groups in total. The molecule has 0 aromatic heterocycles. The lowest BCUT2D eigenvalue weighted by atomic mass is 9.99. The Kier molecular flexibility index (Phi) is 7.01. The molecule has 2 atom stereocenters. The largest absolute Gasteiger partial charge is 0.481 e. The summed E-state index contributed by atoms with van der Waals surface area (Å²) in [6.45, 7) is 1.34. The quantitative estimate of drug-likeness (QED) is 0.602. The summed E-state index contributed by atoms with van der Waals surface area (Å²) in [4.78, 5) is 12.8. The lowest BCUT2D eigenvalue weighted by Crippen LogP contribution is -2.27. The maximum atomic E-state index is 13.4. The van der Waals surface area contributed by atoms with E-state index >= 15 is 0 Å². The molecule has 1 aliphatic heterocycles. The summed E-state index contributed by atoms with van der Waals surface area (Å²) in [7, 11) is 0. The van der Waals surface area contributed by atoms with Crippen LogP contribution in [-0.2, 0) is 4.79 Å². The molecular formula is C23H26FNO4. The summed E-state index contributed by atoms with van der Waals surface area (Å²) in [5, 5.41) is 28.7. The number of aliphatic hydroxyl groups excluding tert-OH is 2. The van der Waals surface area contributed by atoms with E-state index in [4.69, 9.17) is 5.11 Å². The zero-order valence-electron chi connectivity index (χ0n) is 16.2. The molecule has 2 aromatic rings. The molecule has 0 unspecified atom stereocenters. The normalized spacial score (nSPS) is 16.2. The van der Waals surface area contributed by atoms with E-state index in [-0.39, 0.29) is 18.7 Å². The summed E-state index contributed by atoms with van der Waals surface area (Å²) in [6, 6.07) is 16.5. The van der Waals surface area contributed by atoms with Crippen LogP contribution in [0, 0.1) is 5.82 Å². The van der Waals surface area contributed by atoms with Crippen molar-refractivity contribution in [3.05, 3.63) is 71.5 Å². The molecule has 0 saturated heterocycles. The van der Waals surface area contributed by atoms with Crippen LogP contribution in [0.25, 0.3) is 11.3 Å². The van der Waals surface area contributed by atoms with E-state index in [9.17, 15) is 19.4 Å². The van der Waals surface area contributed by atoms with Crippen LogP contribution >= 0.6 is 0 Å². The summed E-state index contributed by atoms with van der Waals surface area (Å²) < 4.78 is 13.4. The number of aliphatic hydroxyl groups is 2. The molecule has 154 valence electrons. The highest BCUT2D eigenvalue weighted by atomic mass is 19.1. The average Bonchev–Trinajstić information content (AvgIpc) is 3.11. The Hall–Kier alpha value is -2.70. The Morgan fingerprint density at radius 1 is 1.00 bits per heavy atom. The predicted molar refractivity (Wildman–Crippen MR) is 109 cm³/mol. The Morgan fingerprint density at radius 3 is 2.34 bits per heavy atom. The number of hydrogen-bond acceptors (Lipinski definition) is 4. The van der Waals surface area contributed by atoms with Crippen LogP contribution in [-0.4, -0.2) is 51.5 Å². The topological polar surface area (TPSA) is 81.0 Å². The first-order valence-electron chi connectivity index (χ1n) is 9.81. The van der Waals surface area contributed by atoms with Crippen LogP contribution < -0.4 is 0 Å². The minimum Gasteiger partial charge on any atom is -0.481 e. The molecule has 0 spiro atoms. The molecule has 1 aliphatic rings. The average molecular weight is 399 g/mol. The van der Waals surface area contributed by atoms with Gasteiger partial charge in [0.2, 0.25) is 0 Å². The summed E-state index contributed by atoms with van der Waals surface area (Å²) in [5.41, 5.74) is 4.24. The van der Waals surface area contributed by atoms with Crippen molar-refractivity contribution in [1.29, 1.82) is 0 Å². The molecule has 0 aliphatic carbocycles. The van der Waals surface area contributed by atoms with Crippen LogP contribution in [0.4, 0.5) is 4.39 Å². The minimum absolute atomic E-state index is 0.0290. The van der Waals surface area contributed by atoms with E-state index in [2.05, 4.69) is 17.0 Å². The van der Waals surface area contributed by atoms with E-state index in [0.717, 1.165) is 29.8 Å². The van der Waals surface area contributed by atoms with Gasteiger partial charge in [-0.1, -0.05) is 30.3 Å². The lowest BCUT2D eigenvalue weighted by Gasteiger charge is -2.25. The van der Waals surface area contributed by atoms with Crippen molar-refractivity contribution >= 4 is 17.2 Å². The van der Waals surface area contributed by atoms with E-state index in [1.54, 1.807) is 12.1 Å². The Bertz CT molecular complexity index is 851. The highest BCUT2D eigenvalue weighted by Crippen LogP contribution is 2.37. The van der Waals surface area contributed by atoms with Crippen LogP contribution in [0.1, 0.15) is 36.8 Å². The number of benzene rings is 2. The van der Waals surface area contributed by atoms with Crippen LogP contribution in [0.5, 0.6) is 0 Å². The van der Waals surface area contributed by atoms with E-state index < -0.39 is 18.2 Å². The Morgan fingerprint density at radius 2 is 1.69 bits per heavy atom. The second-order valence-corrected chi connectivity index (χ2v) is 7.37. The van der Waals surface area contributed by atoms with Gasteiger partial charge in [0.1, 0.15) is 5.82 Å². The van der Waals surface area contributed by atoms with Crippen molar-refractivity contribution in [2.24, 2.45) is 0 Å². The third kappa shape index (κ3) is 5.65. The summed E-state index contributed by atoms with van der Waals surface area (Å²) in [5.74, 6) is -1.37. The van der Waals surface area contributed by atoms with Gasteiger partial charge in [-0.15, -0.1) is 0 Å². The molecule has 2 aromatic carbocycles. The number of nitrogens with zero attached hydrogens (tertiary/aromatic N) is 1. The zero-order valence-corrected chi connectivity index (χ0v) is 16.2. The highest BCUT2D eigenvalue weighted by Gasteiger charge is 2.25. The summed E-state index contributed by atoms with van der Waals surface area (Å²) in [6.07, 6.45) is -0.952. The molecule has 1 heterocycles. The first kappa shape index (κ1) is 21.0. The number of carboxylic acid groups (broad SMARTS) is 1. The molecular weight excluding hydrogens is 373 g/mol. The van der Waals surface area contributed by atoms with Gasteiger partial charge in [0.25, 0.3) is 0 Å². The molecule has 5 nitrogen and oxygen atoms in total. The third-order valence-electron chi connectivity index (χ3n) is 5.16. The van der Waals surface area contributed by atoms with Gasteiger partial charge in [-0.05, 0) is 60.2 Å². The Labute approximate surface area is 169 Å². The van der Waals surface area contributed by atoms with E-state index in [1.807, 2.05) is 18.2 Å². The van der Waals surface area contributed by atoms with Crippen LogP contribution in [0.3, 0.4) is 0 Å². The van der Waals surface area contributed by atoms with Gasteiger partial charge in [-0.2, -0.15) is 0 Å². The van der Waals surface area contributed by atoms with Gasteiger partial charge in [-0.25, -0.2) is 4.39 Å².